The minimum absolute atomic E-state index is 0.0220. The third-order valence-corrected chi connectivity index (χ3v) is 4.87. The second kappa shape index (κ2) is 5.82. The number of hydrogen-bond acceptors (Lipinski definition) is 3. The third-order valence-electron chi connectivity index (χ3n) is 3.24. The first-order valence-corrected chi connectivity index (χ1v) is 8.66. The van der Waals surface area contributed by atoms with Gasteiger partial charge in [0.2, 0.25) is 15.9 Å². The number of sulfonamides is 1. The maximum Gasteiger partial charge on any atom is 0.417 e. The van der Waals surface area contributed by atoms with Gasteiger partial charge in [-0.3, -0.25) is 4.79 Å². The van der Waals surface area contributed by atoms with Gasteiger partial charge in [-0.05, 0) is 18.2 Å². The van der Waals surface area contributed by atoms with Crippen molar-refractivity contribution in [1.82, 2.24) is 0 Å². The highest BCUT2D eigenvalue weighted by atomic mass is 79.9. The highest BCUT2D eigenvalue weighted by Gasteiger charge is 2.36. The van der Waals surface area contributed by atoms with Gasteiger partial charge in [0.25, 0.3) is 0 Å². The number of hydrogen-bond donors (Lipinski definition) is 1. The van der Waals surface area contributed by atoms with E-state index in [0.717, 1.165) is 11.0 Å². The lowest BCUT2D eigenvalue weighted by Gasteiger charge is -2.19. The Hall–Kier alpha value is -1.13. The molecule has 5 nitrogen and oxygen atoms in total. The third kappa shape index (κ3) is 3.99. The summed E-state index contributed by atoms with van der Waals surface area (Å²) in [6.07, 6.45) is -4.62. The molecule has 122 valence electrons. The second-order valence-corrected chi connectivity index (χ2v) is 7.58. The maximum atomic E-state index is 12.9. The van der Waals surface area contributed by atoms with E-state index < -0.39 is 33.6 Å². The quantitative estimate of drug-likeness (QED) is 0.843. The first-order chi connectivity index (χ1) is 9.97. The fourth-order valence-corrected chi connectivity index (χ4v) is 3.72. The van der Waals surface area contributed by atoms with E-state index in [9.17, 15) is 26.4 Å². The van der Waals surface area contributed by atoms with Crippen molar-refractivity contribution in [1.29, 1.82) is 0 Å². The van der Waals surface area contributed by atoms with Gasteiger partial charge in [-0.15, -0.1) is 0 Å². The van der Waals surface area contributed by atoms with E-state index in [1.807, 2.05) is 0 Å². The Kier molecular flexibility index (Phi) is 4.56. The predicted octanol–water partition coefficient (Wildman–Crippen LogP) is 2.11. The molecule has 0 aliphatic carbocycles. The summed E-state index contributed by atoms with van der Waals surface area (Å²) in [5.41, 5.74) is -0.815. The highest BCUT2D eigenvalue weighted by molar-refractivity contribution is 9.10. The van der Waals surface area contributed by atoms with E-state index in [2.05, 4.69) is 15.9 Å². The smallest absolute Gasteiger partial charge is 0.312 e. The molecule has 2 N–H and O–H groups in total. The number of amides is 1. The molecule has 1 heterocycles. The van der Waals surface area contributed by atoms with Crippen molar-refractivity contribution in [2.45, 2.75) is 12.6 Å². The van der Waals surface area contributed by atoms with Crippen LogP contribution in [0, 0.1) is 5.92 Å². The van der Waals surface area contributed by atoms with Crippen LogP contribution in [0.1, 0.15) is 12.0 Å². The molecule has 1 saturated heterocycles. The molecule has 1 unspecified atom stereocenters. The lowest BCUT2D eigenvalue weighted by molar-refractivity contribution is -0.138. The van der Waals surface area contributed by atoms with Gasteiger partial charge in [0.1, 0.15) is 0 Å². The Morgan fingerprint density at radius 2 is 2.00 bits per heavy atom. The summed E-state index contributed by atoms with van der Waals surface area (Å²) in [5, 5.41) is 4.93. The molecule has 0 radical (unpaired) electrons. The SMILES string of the molecule is NS(=O)(=O)CC1CC(=O)N(c2ccc(Br)c(C(F)(F)F)c2)C1. The van der Waals surface area contributed by atoms with Crippen molar-refractivity contribution in [2.24, 2.45) is 11.1 Å². The Balaban J connectivity index is 2.28. The summed E-state index contributed by atoms with van der Waals surface area (Å²) in [5.74, 6) is -1.33. The van der Waals surface area contributed by atoms with Gasteiger partial charge < -0.3 is 4.90 Å². The number of alkyl halides is 3. The number of nitrogens with two attached hydrogens (primary N) is 1. The van der Waals surface area contributed by atoms with E-state index in [-0.39, 0.29) is 28.9 Å². The molecule has 0 aromatic heterocycles. The number of carbonyl (C=O) groups is 1. The van der Waals surface area contributed by atoms with Crippen molar-refractivity contribution >= 4 is 37.5 Å². The van der Waals surface area contributed by atoms with Crippen LogP contribution in [0.3, 0.4) is 0 Å². The fraction of sp³-hybridized carbons (Fsp3) is 0.417. The molecule has 1 atom stereocenters. The number of primary sulfonamides is 1. The van der Waals surface area contributed by atoms with Crippen molar-refractivity contribution < 1.29 is 26.4 Å². The Morgan fingerprint density at radius 1 is 1.36 bits per heavy atom. The largest absolute Gasteiger partial charge is 0.417 e. The molecule has 10 heteroatoms. The zero-order chi connectivity index (χ0) is 16.7. The molecule has 1 amide bonds. The maximum absolute atomic E-state index is 12.9. The summed E-state index contributed by atoms with van der Waals surface area (Å²) in [6, 6.07) is 3.44. The standard InChI is InChI=1S/C12H12BrF3N2O3S/c13-10-2-1-8(4-9(10)12(14,15)16)18-5-7(3-11(18)19)6-22(17,20)21/h1-2,4,7H,3,5-6H2,(H2,17,20,21). The Labute approximate surface area is 133 Å². The Bertz CT molecular complexity index is 706. The predicted molar refractivity (Wildman–Crippen MR) is 77.6 cm³/mol. The van der Waals surface area contributed by atoms with Gasteiger partial charge >= 0.3 is 6.18 Å². The van der Waals surface area contributed by atoms with Crippen molar-refractivity contribution in [3.05, 3.63) is 28.2 Å². The van der Waals surface area contributed by atoms with Crippen LogP contribution in [0.4, 0.5) is 18.9 Å². The molecule has 2 rings (SSSR count). The number of nitrogens with zero attached hydrogens (tertiary/aromatic N) is 1. The molecule has 0 spiro atoms. The minimum atomic E-state index is -4.56. The van der Waals surface area contributed by atoms with Crippen LogP contribution < -0.4 is 10.0 Å². The van der Waals surface area contributed by atoms with Gasteiger partial charge in [0.15, 0.2) is 0 Å². The molecule has 1 aliphatic heterocycles. The monoisotopic (exact) mass is 400 g/mol. The van der Waals surface area contributed by atoms with Crippen LogP contribution in [0.2, 0.25) is 0 Å². The summed E-state index contributed by atoms with van der Waals surface area (Å²) in [7, 11) is -3.74. The molecular formula is C12H12BrF3N2O3S. The molecule has 0 saturated carbocycles. The normalized spacial score (nSPS) is 19.8. The van der Waals surface area contributed by atoms with Gasteiger partial charge in [-0.1, -0.05) is 15.9 Å². The molecule has 0 bridgehead atoms. The molecule has 1 fully saturated rings. The summed E-state index contributed by atoms with van der Waals surface area (Å²) in [4.78, 5) is 13.1. The van der Waals surface area contributed by atoms with Gasteiger partial charge in [0, 0.05) is 29.0 Å². The number of carbonyl (C=O) groups excluding carboxylic acids is 1. The number of anilines is 1. The van der Waals surface area contributed by atoms with Crippen molar-refractivity contribution in [2.75, 3.05) is 17.2 Å². The summed E-state index contributed by atoms with van der Waals surface area (Å²) >= 11 is 2.82. The van der Waals surface area contributed by atoms with E-state index in [0.29, 0.717) is 0 Å². The zero-order valence-corrected chi connectivity index (χ0v) is 13.5. The van der Waals surface area contributed by atoms with Gasteiger partial charge in [0.05, 0.1) is 11.3 Å². The molecule has 1 aromatic rings. The molecule has 1 aliphatic rings. The van der Waals surface area contributed by atoms with E-state index in [1.54, 1.807) is 0 Å². The molecule has 22 heavy (non-hydrogen) atoms. The summed E-state index contributed by atoms with van der Waals surface area (Å²) in [6.45, 7) is 0.0220. The van der Waals surface area contributed by atoms with Crippen molar-refractivity contribution in [3.63, 3.8) is 0 Å². The number of benzene rings is 1. The van der Waals surface area contributed by atoms with E-state index in [4.69, 9.17) is 5.14 Å². The van der Waals surface area contributed by atoms with Crippen LogP contribution in [0.5, 0.6) is 0 Å². The van der Waals surface area contributed by atoms with Crippen LogP contribution in [0.15, 0.2) is 22.7 Å². The number of halogens is 4. The number of rotatable bonds is 3. The molecule has 1 aromatic carbocycles. The van der Waals surface area contributed by atoms with Crippen LogP contribution in [0.25, 0.3) is 0 Å². The highest BCUT2D eigenvalue weighted by Crippen LogP contribution is 2.38. The summed E-state index contributed by atoms with van der Waals surface area (Å²) < 4.78 is 60.6. The molecular weight excluding hydrogens is 389 g/mol. The first-order valence-electron chi connectivity index (χ1n) is 6.15. The van der Waals surface area contributed by atoms with E-state index >= 15 is 0 Å². The first kappa shape index (κ1) is 17.2. The minimum Gasteiger partial charge on any atom is -0.312 e. The average Bonchev–Trinajstić information content (AvgIpc) is 2.66. The van der Waals surface area contributed by atoms with Crippen molar-refractivity contribution in [3.8, 4) is 0 Å². The second-order valence-electron chi connectivity index (χ2n) is 5.07. The lowest BCUT2D eigenvalue weighted by atomic mass is 10.1. The van der Waals surface area contributed by atoms with Crippen LogP contribution >= 0.6 is 15.9 Å². The zero-order valence-electron chi connectivity index (χ0n) is 11.1. The average molecular weight is 401 g/mol. The van der Waals surface area contributed by atoms with Gasteiger partial charge in [-0.2, -0.15) is 13.2 Å². The van der Waals surface area contributed by atoms with E-state index in [1.165, 1.54) is 12.1 Å². The Morgan fingerprint density at radius 3 is 2.55 bits per heavy atom. The topological polar surface area (TPSA) is 80.5 Å². The lowest BCUT2D eigenvalue weighted by Crippen LogP contribution is -2.27. The van der Waals surface area contributed by atoms with Crippen LogP contribution in [-0.4, -0.2) is 26.6 Å². The van der Waals surface area contributed by atoms with Gasteiger partial charge in [-0.25, -0.2) is 13.6 Å². The fourth-order valence-electron chi connectivity index (χ4n) is 2.37. The van der Waals surface area contributed by atoms with Crippen LogP contribution in [-0.2, 0) is 21.0 Å².